The van der Waals surface area contributed by atoms with Gasteiger partial charge >= 0.3 is 13.8 Å². The predicted molar refractivity (Wildman–Crippen MR) is 109 cm³/mol. The Morgan fingerprint density at radius 1 is 1.29 bits per heavy atom. The highest BCUT2D eigenvalue weighted by Crippen LogP contribution is 2.40. The zero-order valence-electron chi connectivity index (χ0n) is 17.2. The molecule has 0 amide bonds. The van der Waals surface area contributed by atoms with E-state index in [-0.39, 0.29) is 12.0 Å². The van der Waals surface area contributed by atoms with Crippen molar-refractivity contribution >= 4 is 13.8 Å². The summed E-state index contributed by atoms with van der Waals surface area (Å²) in [5.74, 6) is -0.116. The second-order valence-electron chi connectivity index (χ2n) is 7.08. The van der Waals surface area contributed by atoms with Gasteiger partial charge in [-0.3, -0.25) is 9.32 Å². The fourth-order valence-corrected chi connectivity index (χ4v) is 3.94. The Hall–Kier alpha value is -1.50. The molecule has 0 spiro atoms. The molecule has 0 heterocycles. The summed E-state index contributed by atoms with van der Waals surface area (Å²) in [6.45, 7) is 5.38. The lowest BCUT2D eigenvalue weighted by Crippen LogP contribution is -2.54. The Bertz CT molecular complexity index is 685. The number of ether oxygens (including phenoxy) is 1. The van der Waals surface area contributed by atoms with Gasteiger partial charge < -0.3 is 19.4 Å². The highest BCUT2D eigenvalue weighted by molar-refractivity contribution is 7.46. The van der Waals surface area contributed by atoms with Crippen molar-refractivity contribution in [1.82, 2.24) is 4.90 Å². The minimum Gasteiger partial charge on any atom is -0.465 e. The van der Waals surface area contributed by atoms with Crippen LogP contribution in [0.2, 0.25) is 0 Å². The number of phosphoric ester groups is 1. The third-order valence-corrected chi connectivity index (χ3v) is 5.06. The molecular formula is C20H32NO6P. The van der Waals surface area contributed by atoms with E-state index in [1.807, 2.05) is 51.4 Å². The largest absolute Gasteiger partial charge is 0.469 e. The van der Waals surface area contributed by atoms with Crippen molar-refractivity contribution in [3.63, 3.8) is 0 Å². The smallest absolute Gasteiger partial charge is 0.465 e. The number of carbonyl (C=O) groups excluding carboxylic acids is 1. The summed E-state index contributed by atoms with van der Waals surface area (Å²) in [6, 6.07) is 10.0. The molecule has 1 aliphatic rings. The van der Waals surface area contributed by atoms with Gasteiger partial charge in [-0.1, -0.05) is 42.5 Å². The molecule has 1 aliphatic carbocycles. The predicted octanol–water partition coefficient (Wildman–Crippen LogP) is 3.27. The van der Waals surface area contributed by atoms with Gasteiger partial charge in [0.1, 0.15) is 5.41 Å². The lowest BCUT2D eigenvalue weighted by molar-refractivity contribution is -0.152. The van der Waals surface area contributed by atoms with Crippen LogP contribution in [0.5, 0.6) is 0 Å². The molecule has 7 nitrogen and oxygen atoms in total. The molecule has 0 fully saturated rings. The number of benzene rings is 1. The van der Waals surface area contributed by atoms with Crippen LogP contribution in [0.1, 0.15) is 39.2 Å². The van der Waals surface area contributed by atoms with Crippen LogP contribution in [0, 0.1) is 0 Å². The van der Waals surface area contributed by atoms with Crippen molar-refractivity contribution in [3.8, 4) is 0 Å². The average molecular weight is 413 g/mol. The molecule has 1 aromatic carbocycles. The maximum atomic E-state index is 12.8. The van der Waals surface area contributed by atoms with E-state index in [0.717, 1.165) is 18.4 Å². The van der Waals surface area contributed by atoms with E-state index in [0.29, 0.717) is 6.61 Å². The molecule has 0 bridgehead atoms. The first-order valence-electron chi connectivity index (χ1n) is 9.34. The van der Waals surface area contributed by atoms with E-state index in [2.05, 4.69) is 21.6 Å². The van der Waals surface area contributed by atoms with E-state index in [4.69, 9.17) is 14.5 Å². The molecule has 0 saturated carbocycles. The topological polar surface area (TPSA) is 96.3 Å². The molecule has 158 valence electrons. The average Bonchev–Trinajstić information content (AvgIpc) is 2.60. The molecule has 0 saturated heterocycles. The Labute approximate surface area is 167 Å². The highest BCUT2D eigenvalue weighted by atomic mass is 31.2. The Kier molecular flexibility index (Phi) is 9.54. The molecular weight excluding hydrogens is 381 g/mol. The summed E-state index contributed by atoms with van der Waals surface area (Å²) in [4.78, 5) is 31.0. The Morgan fingerprint density at radius 3 is 2.32 bits per heavy atom. The number of likely N-dealkylation sites (N-methyl/N-ethyl adjacent to an activating group) is 1. The van der Waals surface area contributed by atoms with Gasteiger partial charge in [0, 0.05) is 6.04 Å². The van der Waals surface area contributed by atoms with Gasteiger partial charge in [-0.05, 0) is 53.3 Å². The second kappa shape index (κ2) is 10.9. The standard InChI is InChI=1S/C17H23NO2.C3H9O4P/c1-4-20-16(19)17(14-10-6-5-7-11-14)13-9-8-12-15(17)18(2)3;1-3(2)7-8(4,5)6/h5-8,10-12,15H,4,9,13H2,1-3H3;3H,1-2H3,(H2,4,5,6)/t15-,17+;/m1./s1. The van der Waals surface area contributed by atoms with Crippen molar-refractivity contribution in [3.05, 3.63) is 48.0 Å². The number of allylic oxidation sites excluding steroid dienone is 1. The minimum absolute atomic E-state index is 0.0256. The normalized spacial score (nSPS) is 22.0. The summed E-state index contributed by atoms with van der Waals surface area (Å²) >= 11 is 0. The van der Waals surface area contributed by atoms with E-state index in [1.54, 1.807) is 13.8 Å². The molecule has 28 heavy (non-hydrogen) atoms. The van der Waals surface area contributed by atoms with Crippen molar-refractivity contribution in [1.29, 1.82) is 0 Å². The molecule has 0 unspecified atom stereocenters. The molecule has 2 rings (SSSR count). The first-order valence-corrected chi connectivity index (χ1v) is 10.9. The molecule has 0 aromatic heterocycles. The van der Waals surface area contributed by atoms with Gasteiger partial charge in [0.25, 0.3) is 0 Å². The molecule has 8 heteroatoms. The van der Waals surface area contributed by atoms with Gasteiger partial charge in [-0.25, -0.2) is 4.57 Å². The lowest BCUT2D eigenvalue weighted by atomic mass is 9.68. The van der Waals surface area contributed by atoms with Crippen molar-refractivity contribution in [2.45, 2.75) is 51.2 Å². The maximum Gasteiger partial charge on any atom is 0.469 e. The maximum absolute atomic E-state index is 12.8. The second-order valence-corrected chi connectivity index (χ2v) is 8.27. The first kappa shape index (κ1) is 24.5. The van der Waals surface area contributed by atoms with E-state index >= 15 is 0 Å². The van der Waals surface area contributed by atoms with E-state index in [1.165, 1.54) is 0 Å². The fourth-order valence-electron chi connectivity index (χ4n) is 3.39. The van der Waals surface area contributed by atoms with Crippen LogP contribution in [-0.2, 0) is 24.0 Å². The summed E-state index contributed by atoms with van der Waals surface area (Å²) in [5.41, 5.74) is 0.441. The number of nitrogens with zero attached hydrogens (tertiary/aromatic N) is 1. The van der Waals surface area contributed by atoms with Crippen LogP contribution in [-0.4, -0.2) is 53.5 Å². The third kappa shape index (κ3) is 6.83. The quantitative estimate of drug-likeness (QED) is 0.420. The number of esters is 1. The number of rotatable bonds is 6. The van der Waals surface area contributed by atoms with Crippen molar-refractivity contribution < 1.29 is 28.4 Å². The molecule has 2 N–H and O–H groups in total. The Balaban J connectivity index is 0.000000416. The molecule has 0 radical (unpaired) electrons. The van der Waals surface area contributed by atoms with Gasteiger partial charge in [0.15, 0.2) is 0 Å². The number of hydrogen-bond acceptors (Lipinski definition) is 5. The summed E-state index contributed by atoms with van der Waals surface area (Å²) in [6.07, 6.45) is 5.56. The van der Waals surface area contributed by atoms with Crippen LogP contribution < -0.4 is 0 Å². The lowest BCUT2D eigenvalue weighted by Gasteiger charge is -2.42. The van der Waals surface area contributed by atoms with E-state index < -0.39 is 19.3 Å². The summed E-state index contributed by atoms with van der Waals surface area (Å²) in [7, 11) is -0.200. The summed E-state index contributed by atoms with van der Waals surface area (Å²) < 4.78 is 19.4. The SMILES string of the molecule is CC(C)OP(=O)(O)O.CCOC(=O)[C@]1(c2ccccc2)CCC=C[C@H]1N(C)C. The first-order chi connectivity index (χ1) is 13.0. The van der Waals surface area contributed by atoms with Gasteiger partial charge in [0.05, 0.1) is 12.7 Å². The number of hydrogen-bond donors (Lipinski definition) is 2. The number of phosphoric acid groups is 1. The Morgan fingerprint density at radius 2 is 1.89 bits per heavy atom. The van der Waals surface area contributed by atoms with Crippen LogP contribution >= 0.6 is 7.82 Å². The zero-order valence-corrected chi connectivity index (χ0v) is 18.1. The minimum atomic E-state index is -4.22. The van der Waals surface area contributed by atoms with Crippen LogP contribution in [0.15, 0.2) is 42.5 Å². The molecule has 1 aromatic rings. The summed E-state index contributed by atoms with van der Waals surface area (Å²) in [5, 5.41) is 0. The fraction of sp³-hybridized carbons (Fsp3) is 0.550. The monoisotopic (exact) mass is 413 g/mol. The van der Waals surface area contributed by atoms with Crippen molar-refractivity contribution in [2.24, 2.45) is 0 Å². The van der Waals surface area contributed by atoms with Crippen LogP contribution in [0.4, 0.5) is 0 Å². The number of carbonyl (C=O) groups is 1. The van der Waals surface area contributed by atoms with E-state index in [9.17, 15) is 9.36 Å². The molecule has 0 aliphatic heterocycles. The van der Waals surface area contributed by atoms with Gasteiger partial charge in [0.2, 0.25) is 0 Å². The van der Waals surface area contributed by atoms with Crippen LogP contribution in [0.25, 0.3) is 0 Å². The molecule has 2 atom stereocenters. The van der Waals surface area contributed by atoms with Crippen molar-refractivity contribution in [2.75, 3.05) is 20.7 Å². The van der Waals surface area contributed by atoms with Gasteiger partial charge in [-0.2, -0.15) is 0 Å². The van der Waals surface area contributed by atoms with Crippen LogP contribution in [0.3, 0.4) is 0 Å². The highest BCUT2D eigenvalue weighted by Gasteiger charge is 2.49. The third-order valence-electron chi connectivity index (χ3n) is 4.36. The van der Waals surface area contributed by atoms with Gasteiger partial charge in [-0.15, -0.1) is 0 Å². The zero-order chi connectivity index (χ0) is 21.4.